The highest BCUT2D eigenvalue weighted by Gasteiger charge is 2.34. The van der Waals surface area contributed by atoms with Gasteiger partial charge in [0.15, 0.2) is 0 Å². The highest BCUT2D eigenvalue weighted by atomic mass is 16.3. The van der Waals surface area contributed by atoms with E-state index in [1.807, 2.05) is 44.3 Å². The van der Waals surface area contributed by atoms with E-state index >= 15 is 0 Å². The summed E-state index contributed by atoms with van der Waals surface area (Å²) >= 11 is 0. The van der Waals surface area contributed by atoms with Crippen LogP contribution in [0.3, 0.4) is 0 Å². The predicted molar refractivity (Wildman–Crippen MR) is 126 cm³/mol. The Kier molecular flexibility index (Phi) is 7.52. The highest BCUT2D eigenvalue weighted by molar-refractivity contribution is 5.94. The lowest BCUT2D eigenvalue weighted by atomic mass is 9.92. The Morgan fingerprint density at radius 3 is 2.48 bits per heavy atom. The Balaban J connectivity index is 1.96. The van der Waals surface area contributed by atoms with Gasteiger partial charge in [0.2, 0.25) is 0 Å². The van der Waals surface area contributed by atoms with E-state index in [1.165, 1.54) is 0 Å². The molecule has 1 heterocycles. The van der Waals surface area contributed by atoms with Gasteiger partial charge in [-0.1, -0.05) is 30.3 Å². The quantitative estimate of drug-likeness (QED) is 0.682. The summed E-state index contributed by atoms with van der Waals surface area (Å²) in [7, 11) is 1.82. The van der Waals surface area contributed by atoms with Crippen LogP contribution in [0, 0.1) is 0 Å². The van der Waals surface area contributed by atoms with E-state index in [2.05, 4.69) is 48.4 Å². The molecule has 0 saturated carbocycles. The molecule has 2 aromatic rings. The topological polar surface area (TPSA) is 47.0 Å². The second kappa shape index (κ2) is 10.1. The average molecular weight is 422 g/mol. The fourth-order valence-corrected chi connectivity index (χ4v) is 4.45. The van der Waals surface area contributed by atoms with Crippen LogP contribution in [-0.2, 0) is 0 Å². The van der Waals surface area contributed by atoms with Crippen molar-refractivity contribution in [2.75, 3.05) is 33.2 Å². The average Bonchev–Trinajstić information content (AvgIpc) is 2.77. The first-order valence-corrected chi connectivity index (χ1v) is 11.1. The fraction of sp³-hybridized carbons (Fsp3) is 0.423. The standard InChI is InChI=1S/C26H35N3O2/c1-6-15-28-17-20(4)29(18-19(28)3)25(23-9-8-10-24(30)16-23)21-11-13-22(14-12-21)26(31)27(5)7-2/h6,8-14,16,19-20,25,30H,1,7,15,17-18H2,2-5H3/t19-,20-,25?/m1/s1. The van der Waals surface area contributed by atoms with Gasteiger partial charge in [0.05, 0.1) is 6.04 Å². The summed E-state index contributed by atoms with van der Waals surface area (Å²) in [5, 5.41) is 10.2. The van der Waals surface area contributed by atoms with Crippen LogP contribution in [0.5, 0.6) is 5.75 Å². The van der Waals surface area contributed by atoms with Crippen molar-refractivity contribution in [3.8, 4) is 5.75 Å². The number of carbonyl (C=O) groups is 1. The molecular formula is C26H35N3O2. The van der Waals surface area contributed by atoms with Crippen molar-refractivity contribution in [1.29, 1.82) is 0 Å². The Labute approximate surface area is 186 Å². The van der Waals surface area contributed by atoms with Crippen molar-refractivity contribution in [2.45, 2.75) is 38.9 Å². The summed E-state index contributed by atoms with van der Waals surface area (Å²) in [4.78, 5) is 19.2. The first-order chi connectivity index (χ1) is 14.8. The van der Waals surface area contributed by atoms with Crippen LogP contribution in [0.2, 0.25) is 0 Å². The first kappa shape index (κ1) is 23.0. The van der Waals surface area contributed by atoms with Gasteiger partial charge in [-0.05, 0) is 56.2 Å². The number of carbonyl (C=O) groups excluding carboxylic acids is 1. The van der Waals surface area contributed by atoms with Gasteiger partial charge < -0.3 is 10.0 Å². The number of nitrogens with zero attached hydrogens (tertiary/aromatic N) is 3. The molecule has 166 valence electrons. The second-order valence-electron chi connectivity index (χ2n) is 8.58. The molecule has 1 amide bonds. The molecule has 1 fully saturated rings. The van der Waals surface area contributed by atoms with Gasteiger partial charge in [0, 0.05) is 50.9 Å². The normalized spacial score (nSPS) is 20.9. The molecule has 0 aromatic heterocycles. The van der Waals surface area contributed by atoms with E-state index in [1.54, 1.807) is 11.0 Å². The number of benzene rings is 2. The van der Waals surface area contributed by atoms with Crippen LogP contribution in [0.15, 0.2) is 61.2 Å². The zero-order valence-electron chi connectivity index (χ0n) is 19.2. The van der Waals surface area contributed by atoms with E-state index in [0.717, 1.165) is 30.8 Å². The predicted octanol–water partition coefficient (Wildman–Crippen LogP) is 4.15. The fourth-order valence-electron chi connectivity index (χ4n) is 4.45. The zero-order valence-corrected chi connectivity index (χ0v) is 19.2. The van der Waals surface area contributed by atoms with Crippen molar-refractivity contribution in [1.82, 2.24) is 14.7 Å². The van der Waals surface area contributed by atoms with E-state index in [0.29, 0.717) is 24.2 Å². The third-order valence-corrected chi connectivity index (χ3v) is 6.34. The van der Waals surface area contributed by atoms with Gasteiger partial charge in [-0.25, -0.2) is 0 Å². The molecule has 5 heteroatoms. The van der Waals surface area contributed by atoms with Gasteiger partial charge in [0.1, 0.15) is 5.75 Å². The lowest BCUT2D eigenvalue weighted by Crippen LogP contribution is -2.57. The van der Waals surface area contributed by atoms with Gasteiger partial charge in [-0.15, -0.1) is 6.58 Å². The molecule has 0 bridgehead atoms. The number of phenols is 1. The first-order valence-electron chi connectivity index (χ1n) is 11.1. The molecular weight excluding hydrogens is 386 g/mol. The summed E-state index contributed by atoms with van der Waals surface area (Å²) in [5.41, 5.74) is 2.87. The van der Waals surface area contributed by atoms with Crippen molar-refractivity contribution in [2.24, 2.45) is 0 Å². The van der Waals surface area contributed by atoms with E-state index in [4.69, 9.17) is 0 Å². The minimum atomic E-state index is 0.00323. The monoisotopic (exact) mass is 421 g/mol. The van der Waals surface area contributed by atoms with Crippen molar-refractivity contribution >= 4 is 5.91 Å². The molecule has 3 rings (SSSR count). The molecule has 1 saturated heterocycles. The van der Waals surface area contributed by atoms with Crippen molar-refractivity contribution < 1.29 is 9.90 Å². The third-order valence-electron chi connectivity index (χ3n) is 6.34. The molecule has 1 aliphatic rings. The van der Waals surface area contributed by atoms with Crippen LogP contribution >= 0.6 is 0 Å². The largest absolute Gasteiger partial charge is 0.508 e. The molecule has 1 unspecified atom stereocenters. The van der Waals surface area contributed by atoms with E-state index in [-0.39, 0.29) is 17.7 Å². The summed E-state index contributed by atoms with van der Waals surface area (Å²) in [6.07, 6.45) is 1.97. The van der Waals surface area contributed by atoms with Crippen LogP contribution in [-0.4, -0.2) is 71.0 Å². The Bertz CT molecular complexity index is 896. The number of amides is 1. The van der Waals surface area contributed by atoms with Crippen LogP contribution in [0.25, 0.3) is 0 Å². The summed E-state index contributed by atoms with van der Waals surface area (Å²) in [5.74, 6) is 0.299. The summed E-state index contributed by atoms with van der Waals surface area (Å²) < 4.78 is 0. The number of hydrogen-bond acceptors (Lipinski definition) is 4. The number of hydrogen-bond donors (Lipinski definition) is 1. The smallest absolute Gasteiger partial charge is 0.253 e. The number of aromatic hydroxyl groups is 1. The number of piperazine rings is 1. The van der Waals surface area contributed by atoms with Crippen LogP contribution < -0.4 is 0 Å². The summed E-state index contributed by atoms with van der Waals surface area (Å²) in [6, 6.07) is 16.2. The van der Waals surface area contributed by atoms with Crippen molar-refractivity contribution in [3.05, 3.63) is 77.9 Å². The van der Waals surface area contributed by atoms with Gasteiger partial charge in [-0.3, -0.25) is 14.6 Å². The van der Waals surface area contributed by atoms with Gasteiger partial charge >= 0.3 is 0 Å². The maximum absolute atomic E-state index is 12.5. The molecule has 5 nitrogen and oxygen atoms in total. The number of rotatable bonds is 7. The van der Waals surface area contributed by atoms with Gasteiger partial charge in [-0.2, -0.15) is 0 Å². The lowest BCUT2D eigenvalue weighted by Gasteiger charge is -2.47. The zero-order chi connectivity index (χ0) is 22.5. The van der Waals surface area contributed by atoms with E-state index < -0.39 is 0 Å². The molecule has 31 heavy (non-hydrogen) atoms. The molecule has 3 atom stereocenters. The van der Waals surface area contributed by atoms with Crippen molar-refractivity contribution in [3.63, 3.8) is 0 Å². The Hall–Kier alpha value is -2.63. The minimum absolute atomic E-state index is 0.00323. The maximum atomic E-state index is 12.5. The van der Waals surface area contributed by atoms with Crippen LogP contribution in [0.4, 0.5) is 0 Å². The summed E-state index contributed by atoms with van der Waals surface area (Å²) in [6.45, 7) is 13.8. The molecule has 0 aliphatic carbocycles. The third kappa shape index (κ3) is 5.17. The van der Waals surface area contributed by atoms with E-state index in [9.17, 15) is 9.90 Å². The highest BCUT2D eigenvalue weighted by Crippen LogP contribution is 2.34. The lowest BCUT2D eigenvalue weighted by molar-refractivity contribution is 0.0306. The van der Waals surface area contributed by atoms with Crippen LogP contribution in [0.1, 0.15) is 48.3 Å². The second-order valence-corrected chi connectivity index (χ2v) is 8.58. The molecule has 0 spiro atoms. The van der Waals surface area contributed by atoms with Gasteiger partial charge in [0.25, 0.3) is 5.91 Å². The molecule has 1 N–H and O–H groups in total. The number of phenolic OH excluding ortho intramolecular Hbond substituents is 1. The maximum Gasteiger partial charge on any atom is 0.253 e. The molecule has 2 aromatic carbocycles. The molecule has 0 radical (unpaired) electrons. The Morgan fingerprint density at radius 1 is 1.16 bits per heavy atom. The Morgan fingerprint density at radius 2 is 1.87 bits per heavy atom. The minimum Gasteiger partial charge on any atom is -0.508 e. The molecule has 1 aliphatic heterocycles. The SMILES string of the molecule is C=CCN1C[C@@H](C)N(C(c2ccc(C(=O)N(C)CC)cc2)c2cccc(O)c2)C[C@H]1C.